The quantitative estimate of drug-likeness (QED) is 0.0244. The van der Waals surface area contributed by atoms with Crippen molar-refractivity contribution in [1.29, 1.82) is 0 Å². The van der Waals surface area contributed by atoms with Crippen LogP contribution in [0.4, 0.5) is 0 Å². The van der Waals surface area contributed by atoms with Gasteiger partial charge in [-0.05, 0) is 110 Å². The molecule has 7 rings (SSSR count). The van der Waals surface area contributed by atoms with Crippen molar-refractivity contribution < 1.29 is 78.0 Å². The summed E-state index contributed by atoms with van der Waals surface area (Å²) in [6, 6.07) is 26.4. The van der Waals surface area contributed by atoms with Crippen molar-refractivity contribution in [2.24, 2.45) is 17.2 Å². The Labute approximate surface area is 683 Å². The van der Waals surface area contributed by atoms with Gasteiger partial charge in [-0.2, -0.15) is 0 Å². The molecule has 1 heterocycles. The zero-order valence-corrected chi connectivity index (χ0v) is 67.5. The number of aliphatic hydroxyl groups excluding tert-OH is 3. The van der Waals surface area contributed by atoms with E-state index in [-0.39, 0.29) is 82.0 Å². The number of carbonyl (C=O) groups is 12. The molecular formula is C83H111N15O16S2. The van der Waals surface area contributed by atoms with Gasteiger partial charge in [0.15, 0.2) is 0 Å². The Kier molecular flexibility index (Phi) is 38.1. The number of rotatable bonds is 27. The van der Waals surface area contributed by atoms with Crippen molar-refractivity contribution in [3.8, 4) is 0 Å². The summed E-state index contributed by atoms with van der Waals surface area (Å²) in [5.41, 5.74) is 21.7. The number of carboxylic acid groups (broad SMARTS) is 1. The van der Waals surface area contributed by atoms with E-state index in [2.05, 4.69) is 58.5 Å². The summed E-state index contributed by atoms with van der Waals surface area (Å²) in [6.45, 7) is 6.08. The Morgan fingerprint density at radius 1 is 0.457 bits per heavy atom. The predicted molar refractivity (Wildman–Crippen MR) is 443 cm³/mol. The van der Waals surface area contributed by atoms with Crippen LogP contribution in [-0.2, 0) is 96.2 Å². The van der Waals surface area contributed by atoms with Crippen LogP contribution in [-0.4, -0.2) is 225 Å². The largest absolute Gasteiger partial charge is 0.480 e. The van der Waals surface area contributed by atoms with E-state index in [0.29, 0.717) is 53.6 Å². The average Bonchev–Trinajstić information content (AvgIpc) is 0.834. The summed E-state index contributed by atoms with van der Waals surface area (Å²) in [5.74, 6) is -12.9. The van der Waals surface area contributed by atoms with Gasteiger partial charge in [-0.25, -0.2) is 4.79 Å². The fourth-order valence-electron chi connectivity index (χ4n) is 12.8. The number of nitrogens with one attached hydrogen (secondary N) is 11. The molecule has 0 unspecified atom stereocenters. The number of benzene rings is 6. The van der Waals surface area contributed by atoms with Crippen molar-refractivity contribution in [3.05, 3.63) is 191 Å². The maximum absolute atomic E-state index is 15.6. The summed E-state index contributed by atoms with van der Waals surface area (Å²) < 4.78 is 0. The molecule has 1 saturated heterocycles. The lowest BCUT2D eigenvalue weighted by Gasteiger charge is -2.32. The number of fused-ring (bicyclic) bond motifs is 1. The number of hydrogen-bond acceptors (Lipinski definition) is 21. The molecule has 0 bridgehead atoms. The van der Waals surface area contributed by atoms with Gasteiger partial charge in [0.25, 0.3) is 0 Å². The molecule has 116 heavy (non-hydrogen) atoms. The highest BCUT2D eigenvalue weighted by atomic mass is 33.1. The van der Waals surface area contributed by atoms with Crippen LogP contribution in [0.3, 0.4) is 0 Å². The lowest BCUT2D eigenvalue weighted by molar-refractivity contribution is -0.145. The zero-order chi connectivity index (χ0) is 84.4. The van der Waals surface area contributed by atoms with Crippen LogP contribution in [0.25, 0.3) is 10.8 Å². The number of hydrogen-bond donors (Lipinski definition) is 18. The molecule has 1 fully saturated rings. The molecule has 0 radical (unpaired) electrons. The highest BCUT2D eigenvalue weighted by molar-refractivity contribution is 8.76. The highest BCUT2D eigenvalue weighted by Crippen LogP contribution is 2.26. The molecule has 1 aliphatic heterocycles. The fraction of sp³-hybridized carbons (Fsp3) is 0.446. The van der Waals surface area contributed by atoms with E-state index in [0.717, 1.165) is 56.8 Å². The van der Waals surface area contributed by atoms with Crippen molar-refractivity contribution in [2.45, 2.75) is 196 Å². The first-order valence-corrected chi connectivity index (χ1v) is 41.4. The monoisotopic (exact) mass is 1640 g/mol. The second kappa shape index (κ2) is 47.6. The van der Waals surface area contributed by atoms with Gasteiger partial charge in [-0.1, -0.05) is 193 Å². The van der Waals surface area contributed by atoms with Gasteiger partial charge in [0, 0.05) is 63.2 Å². The molecule has 0 saturated carbocycles. The maximum atomic E-state index is 15.6. The highest BCUT2D eigenvalue weighted by Gasteiger charge is 2.40. The van der Waals surface area contributed by atoms with Gasteiger partial charge in [-0.15, -0.1) is 0 Å². The lowest BCUT2D eigenvalue weighted by atomic mass is 9.98. The van der Waals surface area contributed by atoms with Gasteiger partial charge >= 0.3 is 5.97 Å². The minimum atomic E-state index is -1.96. The van der Waals surface area contributed by atoms with Crippen molar-refractivity contribution in [3.63, 3.8) is 0 Å². The van der Waals surface area contributed by atoms with E-state index in [4.69, 9.17) is 17.2 Å². The first-order valence-electron chi connectivity index (χ1n) is 38.9. The third-order valence-electron chi connectivity index (χ3n) is 19.5. The van der Waals surface area contributed by atoms with Crippen LogP contribution in [0.1, 0.15) is 99.6 Å². The molecule has 0 aliphatic carbocycles. The summed E-state index contributed by atoms with van der Waals surface area (Å²) in [5, 5.41) is 75.4. The lowest BCUT2D eigenvalue weighted by Crippen LogP contribution is -2.63. The Morgan fingerprint density at radius 2 is 0.836 bits per heavy atom. The van der Waals surface area contributed by atoms with Crippen LogP contribution < -0.4 is 75.7 Å². The van der Waals surface area contributed by atoms with Crippen LogP contribution in [0.5, 0.6) is 0 Å². The van der Waals surface area contributed by atoms with E-state index < -0.39 is 162 Å². The number of unbranched alkanes of at least 4 members (excludes halogenated alkanes) is 2. The number of amides is 11. The van der Waals surface area contributed by atoms with E-state index >= 15 is 19.2 Å². The molecular weight excluding hydrogens is 1530 g/mol. The molecule has 6 aromatic carbocycles. The van der Waals surface area contributed by atoms with Gasteiger partial charge in [0.2, 0.25) is 65.0 Å². The summed E-state index contributed by atoms with van der Waals surface area (Å²) in [7, 11) is 3.03. The van der Waals surface area contributed by atoms with E-state index in [9.17, 15) is 58.8 Å². The standard InChI is InChI=1S/C83H111N15O16S2/c1-49(2)87-45-56-33-31-55(32-34-56)43-65-77(107)96-70(50(3)100)80(110)94-66(42-54-25-13-8-14-26-54)78(108)97-71(51(4)101)81(111)95-68(46-99)82(112)98(5)69(79(109)89-62(83(113)114)30-18-20-38-85)48-116-115-47-60(86)72(102)88-61(29-17-19-37-84)73(103)90-63(40-52-21-9-6-10-22-52)74(104)91-64(41-53-23-11-7-12-24-53)75(105)93-67(76(106)92-65)44-57-35-36-58-27-15-16-28-59(58)39-57/h6-16,21-28,31-36,39,49-51,60-71,87,99-101H,17-20,29-30,37-38,40-48,84-86H2,1-5H3,(H,88,102)(H,89,109)(H,90,103)(H,91,104)(H,92,106)(H,93,105)(H,94,110)(H,95,111)(H,96,107)(H,97,108)(H,113,114)/t50-,51-,60+,61+,62+,63+,64+,65+,66+,67-,68+,69+,70+,71+/m1/s1. The third kappa shape index (κ3) is 29.7. The molecule has 14 atom stereocenters. The molecule has 11 amide bonds. The molecule has 626 valence electrons. The van der Waals surface area contributed by atoms with Crippen LogP contribution >= 0.6 is 21.6 Å². The Bertz CT molecular complexity index is 4230. The topological polar surface area (TPSA) is 499 Å². The zero-order valence-electron chi connectivity index (χ0n) is 65.9. The van der Waals surface area contributed by atoms with Crippen LogP contribution in [0, 0.1) is 0 Å². The maximum Gasteiger partial charge on any atom is 0.326 e. The Morgan fingerprint density at radius 3 is 1.28 bits per heavy atom. The van der Waals surface area contributed by atoms with Crippen LogP contribution in [0.2, 0.25) is 0 Å². The first kappa shape index (κ1) is 92.8. The fourth-order valence-corrected chi connectivity index (χ4v) is 15.2. The van der Waals surface area contributed by atoms with Crippen molar-refractivity contribution in [2.75, 3.05) is 38.2 Å². The van der Waals surface area contributed by atoms with Gasteiger partial charge in [0.05, 0.1) is 24.9 Å². The number of aliphatic carboxylic acids is 1. The molecule has 33 heteroatoms. The smallest absolute Gasteiger partial charge is 0.326 e. The molecule has 21 N–H and O–H groups in total. The summed E-state index contributed by atoms with van der Waals surface area (Å²) in [4.78, 5) is 178. The summed E-state index contributed by atoms with van der Waals surface area (Å²) in [6.07, 6.45) is -3.25. The predicted octanol–water partition coefficient (Wildman–Crippen LogP) is 0.345. The van der Waals surface area contributed by atoms with E-state index in [1.54, 1.807) is 109 Å². The van der Waals surface area contributed by atoms with Gasteiger partial charge < -0.3 is 101 Å². The van der Waals surface area contributed by atoms with E-state index in [1.807, 2.05) is 62.4 Å². The third-order valence-corrected chi connectivity index (χ3v) is 21.9. The number of nitrogens with zero attached hydrogens (tertiary/aromatic N) is 1. The van der Waals surface area contributed by atoms with E-state index in [1.165, 1.54) is 6.92 Å². The Hall–Kier alpha value is -10.4. The average molecular weight is 1640 g/mol. The molecule has 0 spiro atoms. The first-order chi connectivity index (χ1) is 55.5. The van der Waals surface area contributed by atoms with Crippen molar-refractivity contribution >= 4 is 103 Å². The number of carbonyl (C=O) groups excluding carboxylic acids is 11. The molecule has 31 nitrogen and oxygen atoms in total. The number of aliphatic hydroxyl groups is 3. The minimum absolute atomic E-state index is 0.00370. The van der Waals surface area contributed by atoms with Crippen molar-refractivity contribution in [1.82, 2.24) is 63.4 Å². The summed E-state index contributed by atoms with van der Waals surface area (Å²) >= 11 is 0. The van der Waals surface area contributed by atoms with Gasteiger partial charge in [-0.3, -0.25) is 52.7 Å². The Balaban J connectivity index is 1.34. The minimum Gasteiger partial charge on any atom is -0.480 e. The number of nitrogens with two attached hydrogens (primary N) is 3. The normalized spacial score (nSPS) is 22.9. The molecule has 1 aliphatic rings. The number of likely N-dealkylation sites (N-methyl/N-ethyl adjacent to an activating group) is 1. The second-order valence-electron chi connectivity index (χ2n) is 29.2. The van der Waals surface area contributed by atoms with Gasteiger partial charge in [0.1, 0.15) is 66.5 Å². The molecule has 6 aromatic rings. The number of carboxylic acids is 1. The molecule has 0 aromatic heterocycles. The van der Waals surface area contributed by atoms with Crippen LogP contribution in [0.15, 0.2) is 158 Å². The second-order valence-corrected chi connectivity index (χ2v) is 31.7. The SMILES string of the molecule is CC(C)NCc1ccc(C[C@@H]2NC(=O)[C@@H](Cc3ccc4ccccc4c3)NC(=O)[C@H](Cc3ccccc3)NC(=O)[C@H](Cc3ccccc3)NC(=O)[C@H](CCCCN)NC(=O)[C@@H](N)CSSC[C@@H](C(=O)N[C@@H](CCCCN)C(=O)O)N(C)C(=O)[C@H](CO)NC(=O)[C@H]([C@@H](C)O)NC(=O)[C@H](Cc3ccccc3)NC(=O)[C@H]([C@@H](C)O)NC2=O)cc1.